The first-order valence-corrected chi connectivity index (χ1v) is 6.96. The molecule has 0 bridgehead atoms. The average molecular weight is 247 g/mol. The smallest absolute Gasteiger partial charge is 0.0666 e. The zero-order chi connectivity index (χ0) is 12.3. The predicted octanol–water partition coefficient (Wildman–Crippen LogP) is 4.81. The van der Waals surface area contributed by atoms with Gasteiger partial charge < -0.3 is 0 Å². The molecule has 1 aromatic heterocycles. The van der Waals surface area contributed by atoms with Crippen LogP contribution in [0.1, 0.15) is 63.1 Å². The summed E-state index contributed by atoms with van der Waals surface area (Å²) in [5.74, 6) is 0.742. The van der Waals surface area contributed by atoms with Gasteiger partial charge in [-0.3, -0.25) is 4.98 Å². The van der Waals surface area contributed by atoms with Crippen LogP contribution < -0.4 is 0 Å². The van der Waals surface area contributed by atoms with Crippen LogP contribution >= 0.6 is 12.6 Å². The number of aromatic nitrogens is 1. The molecule has 1 heterocycles. The molecule has 0 saturated heterocycles. The maximum absolute atomic E-state index is 4.57. The number of hydrogen-bond acceptors (Lipinski definition) is 2. The van der Waals surface area contributed by atoms with Crippen molar-refractivity contribution in [1.29, 1.82) is 0 Å². The summed E-state index contributed by atoms with van der Waals surface area (Å²) in [5.41, 5.74) is 3.64. The van der Waals surface area contributed by atoms with Gasteiger partial charge in [0.2, 0.25) is 0 Å². The van der Waals surface area contributed by atoms with Gasteiger partial charge in [0, 0.05) is 6.20 Å². The van der Waals surface area contributed by atoms with E-state index in [2.05, 4.69) is 42.9 Å². The first-order valence-electron chi connectivity index (χ1n) is 6.51. The number of pyridine rings is 1. The van der Waals surface area contributed by atoms with Crippen LogP contribution in [0.3, 0.4) is 0 Å². The van der Waals surface area contributed by atoms with Gasteiger partial charge in [-0.25, -0.2) is 0 Å². The molecule has 1 saturated carbocycles. The van der Waals surface area contributed by atoms with Crippen LogP contribution in [0.2, 0.25) is 0 Å². The Morgan fingerprint density at radius 1 is 1.18 bits per heavy atom. The molecular formula is C15H21NS. The van der Waals surface area contributed by atoms with Crippen molar-refractivity contribution < 1.29 is 0 Å². The Kier molecular flexibility index (Phi) is 4.27. The van der Waals surface area contributed by atoms with Gasteiger partial charge in [-0.15, -0.1) is 12.6 Å². The fourth-order valence-electron chi connectivity index (χ4n) is 2.49. The van der Waals surface area contributed by atoms with Crippen molar-refractivity contribution >= 4 is 18.2 Å². The van der Waals surface area contributed by atoms with E-state index >= 15 is 0 Å². The van der Waals surface area contributed by atoms with Crippen LogP contribution in [-0.2, 0) is 0 Å². The molecule has 0 aliphatic heterocycles. The summed E-state index contributed by atoms with van der Waals surface area (Å²) < 4.78 is 0. The Hall–Kier alpha value is -0.760. The van der Waals surface area contributed by atoms with E-state index < -0.39 is 0 Å². The topological polar surface area (TPSA) is 12.9 Å². The van der Waals surface area contributed by atoms with Crippen LogP contribution in [0.15, 0.2) is 23.2 Å². The molecule has 92 valence electrons. The van der Waals surface area contributed by atoms with Gasteiger partial charge in [-0.2, -0.15) is 0 Å². The lowest BCUT2D eigenvalue weighted by Crippen LogP contribution is -2.05. The highest BCUT2D eigenvalue weighted by Gasteiger charge is 2.15. The van der Waals surface area contributed by atoms with Gasteiger partial charge in [0.25, 0.3) is 0 Å². The molecule has 0 aromatic carbocycles. The quantitative estimate of drug-likeness (QED) is 0.740. The van der Waals surface area contributed by atoms with Gasteiger partial charge >= 0.3 is 0 Å². The molecule has 0 amide bonds. The van der Waals surface area contributed by atoms with Crippen molar-refractivity contribution in [1.82, 2.24) is 4.98 Å². The Bertz CT molecular complexity index is 395. The Labute approximate surface area is 110 Å². The van der Waals surface area contributed by atoms with E-state index in [1.807, 2.05) is 6.92 Å². The number of hydrogen-bond donors (Lipinski definition) is 1. The molecule has 1 nitrogen and oxygen atoms in total. The maximum Gasteiger partial charge on any atom is 0.0666 e. The van der Waals surface area contributed by atoms with E-state index in [1.54, 1.807) is 0 Å². The summed E-state index contributed by atoms with van der Waals surface area (Å²) in [4.78, 5) is 5.61. The third kappa shape index (κ3) is 3.12. The Morgan fingerprint density at radius 2 is 1.88 bits per heavy atom. The molecule has 2 heteroatoms. The van der Waals surface area contributed by atoms with Crippen LogP contribution in [0.5, 0.6) is 0 Å². The van der Waals surface area contributed by atoms with E-state index in [-0.39, 0.29) is 0 Å². The highest BCUT2D eigenvalue weighted by atomic mass is 32.1. The third-order valence-electron chi connectivity index (χ3n) is 3.79. The van der Waals surface area contributed by atoms with Crippen molar-refractivity contribution in [3.8, 4) is 0 Å². The second kappa shape index (κ2) is 5.72. The standard InChI is InChI=1S/C15H21NS/c1-11(12(2)17)15-9-8-14(10-16-15)13-6-4-3-5-7-13/h8-10,13,17H,3-7H2,1-2H3/b12-11-. The fourth-order valence-corrected chi connectivity index (χ4v) is 2.60. The zero-order valence-electron chi connectivity index (χ0n) is 10.7. The lowest BCUT2D eigenvalue weighted by Gasteiger charge is -2.21. The van der Waals surface area contributed by atoms with Gasteiger partial charge in [0.05, 0.1) is 5.69 Å². The molecule has 1 aliphatic carbocycles. The van der Waals surface area contributed by atoms with E-state index in [9.17, 15) is 0 Å². The van der Waals surface area contributed by atoms with Gasteiger partial charge in [0.15, 0.2) is 0 Å². The predicted molar refractivity (Wildman–Crippen MR) is 77.3 cm³/mol. The minimum Gasteiger partial charge on any atom is -0.256 e. The normalized spacial score (nSPS) is 19.0. The van der Waals surface area contributed by atoms with Gasteiger partial charge in [-0.05, 0) is 54.7 Å². The second-order valence-electron chi connectivity index (χ2n) is 5.02. The van der Waals surface area contributed by atoms with Crippen molar-refractivity contribution in [2.45, 2.75) is 51.9 Å². The molecule has 1 aliphatic rings. The second-order valence-corrected chi connectivity index (χ2v) is 5.69. The fraction of sp³-hybridized carbons (Fsp3) is 0.533. The number of allylic oxidation sites excluding steroid dienone is 2. The molecule has 17 heavy (non-hydrogen) atoms. The number of thiol groups is 1. The first kappa shape index (κ1) is 12.7. The number of rotatable bonds is 2. The summed E-state index contributed by atoms with van der Waals surface area (Å²) in [6, 6.07) is 4.39. The van der Waals surface area contributed by atoms with E-state index in [0.717, 1.165) is 16.5 Å². The molecule has 0 spiro atoms. The Morgan fingerprint density at radius 3 is 2.41 bits per heavy atom. The lowest BCUT2D eigenvalue weighted by atomic mass is 9.85. The van der Waals surface area contributed by atoms with E-state index in [0.29, 0.717) is 0 Å². The SMILES string of the molecule is C/C(S)=C(\C)c1ccc(C2CCCCC2)cn1. The van der Waals surface area contributed by atoms with Crippen molar-refractivity contribution in [2.75, 3.05) is 0 Å². The van der Waals surface area contributed by atoms with Crippen molar-refractivity contribution in [3.05, 3.63) is 34.5 Å². The largest absolute Gasteiger partial charge is 0.256 e. The van der Waals surface area contributed by atoms with Gasteiger partial charge in [0.1, 0.15) is 0 Å². The lowest BCUT2D eigenvalue weighted by molar-refractivity contribution is 0.443. The molecule has 0 N–H and O–H groups in total. The zero-order valence-corrected chi connectivity index (χ0v) is 11.6. The molecular weight excluding hydrogens is 226 g/mol. The molecule has 2 rings (SSSR count). The number of nitrogens with zero attached hydrogens (tertiary/aromatic N) is 1. The molecule has 0 unspecified atom stereocenters. The van der Waals surface area contributed by atoms with Crippen molar-refractivity contribution in [2.24, 2.45) is 0 Å². The Balaban J connectivity index is 2.15. The highest BCUT2D eigenvalue weighted by molar-refractivity contribution is 7.84. The minimum atomic E-state index is 0.742. The third-order valence-corrected chi connectivity index (χ3v) is 4.13. The monoisotopic (exact) mass is 247 g/mol. The van der Waals surface area contributed by atoms with Crippen LogP contribution in [0, 0.1) is 0 Å². The van der Waals surface area contributed by atoms with Crippen LogP contribution in [0.4, 0.5) is 0 Å². The van der Waals surface area contributed by atoms with Crippen molar-refractivity contribution in [3.63, 3.8) is 0 Å². The minimum absolute atomic E-state index is 0.742. The highest BCUT2D eigenvalue weighted by Crippen LogP contribution is 2.32. The summed E-state index contributed by atoms with van der Waals surface area (Å²) in [6.07, 6.45) is 8.89. The van der Waals surface area contributed by atoms with Crippen LogP contribution in [-0.4, -0.2) is 4.98 Å². The molecule has 1 fully saturated rings. The van der Waals surface area contributed by atoms with Gasteiger partial charge in [-0.1, -0.05) is 25.3 Å². The summed E-state index contributed by atoms with van der Waals surface area (Å²) in [5, 5.41) is 0. The molecule has 0 atom stereocenters. The van der Waals surface area contributed by atoms with Crippen LogP contribution in [0.25, 0.3) is 5.57 Å². The summed E-state index contributed by atoms with van der Waals surface area (Å²) in [7, 11) is 0. The summed E-state index contributed by atoms with van der Waals surface area (Å²) in [6.45, 7) is 4.08. The summed E-state index contributed by atoms with van der Waals surface area (Å²) >= 11 is 4.37. The van der Waals surface area contributed by atoms with E-state index in [4.69, 9.17) is 0 Å². The molecule has 1 aromatic rings. The molecule has 0 radical (unpaired) electrons. The maximum atomic E-state index is 4.57. The average Bonchev–Trinajstić information content (AvgIpc) is 2.39. The van der Waals surface area contributed by atoms with E-state index in [1.165, 1.54) is 43.2 Å². The first-order chi connectivity index (χ1) is 8.18.